The normalized spacial score (nSPS) is 11.7. The number of rotatable bonds is 7. The van der Waals surface area contributed by atoms with Crippen LogP contribution in [0.4, 0.5) is 10.2 Å². The molecular formula is C21H15BrFN7O3. The van der Waals surface area contributed by atoms with E-state index in [1.54, 1.807) is 40.7 Å². The number of pyridine rings is 1. The highest BCUT2D eigenvalue weighted by Gasteiger charge is 2.23. The van der Waals surface area contributed by atoms with E-state index in [9.17, 15) is 14.5 Å². The second-order valence-electron chi connectivity index (χ2n) is 6.97. The molecule has 3 aromatic heterocycles. The standard InChI is InChI=1S/C21H15BrFN7O3/c1-13(33-20-6-14(22)9-25-21(20)30(31)32)18-7-15(23)2-3-19(18)29-17(4-5-27-29)11-28-10-16(8-24)26-12-28/h2-7,9-10,12-13H,11H2,1H3. The fraction of sp³-hybridized carbons (Fsp3) is 0.143. The molecule has 10 nitrogen and oxygen atoms in total. The van der Waals surface area contributed by atoms with E-state index in [0.717, 1.165) is 5.69 Å². The molecule has 0 radical (unpaired) electrons. The zero-order valence-corrected chi connectivity index (χ0v) is 18.7. The van der Waals surface area contributed by atoms with Crippen LogP contribution >= 0.6 is 15.9 Å². The minimum absolute atomic E-state index is 0.0553. The van der Waals surface area contributed by atoms with Crippen LogP contribution in [0.25, 0.3) is 5.69 Å². The molecule has 4 aromatic rings. The summed E-state index contributed by atoms with van der Waals surface area (Å²) in [6.45, 7) is 2.02. The number of imidazole rings is 1. The van der Waals surface area contributed by atoms with Gasteiger partial charge in [-0.05, 0) is 57.0 Å². The number of aromatic nitrogens is 5. The zero-order valence-electron chi connectivity index (χ0n) is 17.1. The second kappa shape index (κ2) is 9.17. The van der Waals surface area contributed by atoms with Gasteiger partial charge in [0, 0.05) is 24.0 Å². The van der Waals surface area contributed by atoms with Gasteiger partial charge in [0.25, 0.3) is 0 Å². The summed E-state index contributed by atoms with van der Waals surface area (Å²) < 4.78 is 23.9. The van der Waals surface area contributed by atoms with Crippen LogP contribution in [0, 0.1) is 27.3 Å². The summed E-state index contributed by atoms with van der Waals surface area (Å²) >= 11 is 3.23. The Balaban J connectivity index is 1.70. The van der Waals surface area contributed by atoms with E-state index in [-0.39, 0.29) is 11.4 Å². The van der Waals surface area contributed by atoms with Gasteiger partial charge in [0.05, 0.1) is 28.7 Å². The third-order valence-corrected chi connectivity index (χ3v) is 5.18. The summed E-state index contributed by atoms with van der Waals surface area (Å²) in [4.78, 5) is 18.5. The van der Waals surface area contributed by atoms with Crippen LogP contribution in [0.5, 0.6) is 5.75 Å². The Labute approximate surface area is 195 Å². The molecule has 166 valence electrons. The van der Waals surface area contributed by atoms with E-state index in [1.807, 2.05) is 6.07 Å². The van der Waals surface area contributed by atoms with Gasteiger partial charge >= 0.3 is 5.82 Å². The molecule has 0 aliphatic rings. The molecule has 3 heterocycles. The van der Waals surface area contributed by atoms with E-state index in [0.29, 0.717) is 22.3 Å². The summed E-state index contributed by atoms with van der Waals surface area (Å²) in [7, 11) is 0. The van der Waals surface area contributed by atoms with Crippen molar-refractivity contribution in [3.63, 3.8) is 0 Å². The third kappa shape index (κ3) is 4.73. The predicted octanol–water partition coefficient (Wildman–Crippen LogP) is 4.33. The van der Waals surface area contributed by atoms with Crippen LogP contribution in [0.1, 0.15) is 30.0 Å². The molecule has 33 heavy (non-hydrogen) atoms. The van der Waals surface area contributed by atoms with Crippen LogP contribution in [-0.4, -0.2) is 29.2 Å². The molecule has 0 saturated carbocycles. The quantitative estimate of drug-likeness (QED) is 0.267. The SMILES string of the molecule is CC(Oc1cc(Br)cnc1[N+](=O)[O-])c1cc(F)ccc1-n1nccc1Cn1cnc(C#N)c1. The Morgan fingerprint density at radius 2 is 2.15 bits per heavy atom. The van der Waals surface area contributed by atoms with Gasteiger partial charge in [0.1, 0.15) is 18.0 Å². The van der Waals surface area contributed by atoms with Crippen molar-refractivity contribution in [1.29, 1.82) is 5.26 Å². The van der Waals surface area contributed by atoms with Crippen molar-refractivity contribution in [3.8, 4) is 17.5 Å². The molecule has 0 amide bonds. The first-order valence-electron chi connectivity index (χ1n) is 9.57. The molecule has 1 aromatic carbocycles. The molecule has 0 saturated heterocycles. The molecular weight excluding hydrogens is 497 g/mol. The van der Waals surface area contributed by atoms with Crippen molar-refractivity contribution in [2.45, 2.75) is 19.6 Å². The molecule has 0 aliphatic carbocycles. The number of nitro groups is 1. The third-order valence-electron chi connectivity index (χ3n) is 4.75. The van der Waals surface area contributed by atoms with E-state index >= 15 is 0 Å². The summed E-state index contributed by atoms with van der Waals surface area (Å²) in [6.07, 6.45) is 5.26. The largest absolute Gasteiger partial charge is 0.478 e. The van der Waals surface area contributed by atoms with Crippen molar-refractivity contribution in [1.82, 2.24) is 24.3 Å². The topological polar surface area (TPSA) is 125 Å². The average molecular weight is 512 g/mol. The van der Waals surface area contributed by atoms with E-state index < -0.39 is 22.7 Å². The number of nitriles is 1. The first-order valence-corrected chi connectivity index (χ1v) is 10.4. The fourth-order valence-corrected chi connectivity index (χ4v) is 3.60. The number of hydrogen-bond donors (Lipinski definition) is 0. The summed E-state index contributed by atoms with van der Waals surface area (Å²) in [5, 5.41) is 24.7. The molecule has 1 unspecified atom stereocenters. The van der Waals surface area contributed by atoms with Crippen LogP contribution < -0.4 is 4.74 Å². The Hall–Kier alpha value is -4.11. The van der Waals surface area contributed by atoms with E-state index in [2.05, 4.69) is 31.0 Å². The van der Waals surface area contributed by atoms with Crippen molar-refractivity contribution in [2.24, 2.45) is 0 Å². The maximum atomic E-state index is 14.2. The minimum atomic E-state index is -0.777. The second-order valence-corrected chi connectivity index (χ2v) is 7.89. The van der Waals surface area contributed by atoms with Crippen LogP contribution in [0.2, 0.25) is 0 Å². The van der Waals surface area contributed by atoms with E-state index in [4.69, 9.17) is 10.00 Å². The number of hydrogen-bond acceptors (Lipinski definition) is 7. The summed E-state index contributed by atoms with van der Waals surface area (Å²) in [5.74, 6) is -0.996. The van der Waals surface area contributed by atoms with Crippen LogP contribution in [0.3, 0.4) is 0 Å². The first-order chi connectivity index (χ1) is 15.9. The Kier molecular flexibility index (Phi) is 6.14. The summed E-state index contributed by atoms with van der Waals surface area (Å²) in [6, 6.07) is 9.35. The highest BCUT2D eigenvalue weighted by atomic mass is 79.9. The maximum absolute atomic E-state index is 14.2. The Bertz CT molecular complexity index is 1380. The fourth-order valence-electron chi connectivity index (χ4n) is 3.29. The van der Waals surface area contributed by atoms with Gasteiger partial charge in [-0.25, -0.2) is 14.1 Å². The smallest absolute Gasteiger partial charge is 0.406 e. The number of ether oxygens (including phenoxy) is 1. The lowest BCUT2D eigenvalue weighted by Crippen LogP contribution is -2.13. The molecule has 0 aliphatic heterocycles. The van der Waals surface area contributed by atoms with Gasteiger partial charge in [-0.1, -0.05) is 0 Å². The number of nitrogens with zero attached hydrogens (tertiary/aromatic N) is 7. The Morgan fingerprint density at radius 3 is 2.88 bits per heavy atom. The molecule has 0 N–H and O–H groups in total. The molecule has 1 atom stereocenters. The first kappa shape index (κ1) is 22.1. The van der Waals surface area contributed by atoms with E-state index in [1.165, 1.54) is 30.7 Å². The average Bonchev–Trinajstić information content (AvgIpc) is 3.43. The number of benzene rings is 1. The lowest BCUT2D eigenvalue weighted by molar-refractivity contribution is -0.390. The van der Waals surface area contributed by atoms with Crippen LogP contribution in [0.15, 0.2) is 59.7 Å². The van der Waals surface area contributed by atoms with Gasteiger partial charge in [0.2, 0.25) is 5.75 Å². The van der Waals surface area contributed by atoms with Crippen molar-refractivity contribution in [3.05, 3.63) is 92.6 Å². The minimum Gasteiger partial charge on any atom is -0.478 e. The molecule has 0 fully saturated rings. The maximum Gasteiger partial charge on any atom is 0.406 e. The van der Waals surface area contributed by atoms with Gasteiger partial charge in [-0.2, -0.15) is 10.4 Å². The van der Waals surface area contributed by atoms with Gasteiger partial charge < -0.3 is 19.4 Å². The van der Waals surface area contributed by atoms with Gasteiger partial charge in [-0.15, -0.1) is 0 Å². The Morgan fingerprint density at radius 1 is 1.33 bits per heavy atom. The highest BCUT2D eigenvalue weighted by molar-refractivity contribution is 9.10. The van der Waals surface area contributed by atoms with Gasteiger partial charge in [-0.3, -0.25) is 0 Å². The van der Waals surface area contributed by atoms with Crippen molar-refractivity contribution >= 4 is 21.7 Å². The molecule has 0 bridgehead atoms. The van der Waals surface area contributed by atoms with Crippen molar-refractivity contribution in [2.75, 3.05) is 0 Å². The monoisotopic (exact) mass is 511 g/mol. The highest BCUT2D eigenvalue weighted by Crippen LogP contribution is 2.33. The van der Waals surface area contributed by atoms with Crippen molar-refractivity contribution < 1.29 is 14.1 Å². The lowest BCUT2D eigenvalue weighted by Gasteiger charge is -2.19. The van der Waals surface area contributed by atoms with Crippen LogP contribution in [-0.2, 0) is 6.54 Å². The molecule has 12 heteroatoms. The predicted molar refractivity (Wildman–Crippen MR) is 117 cm³/mol. The van der Waals surface area contributed by atoms with Gasteiger partial charge in [0.15, 0.2) is 11.9 Å². The zero-order chi connectivity index (χ0) is 23.5. The number of halogens is 2. The summed E-state index contributed by atoms with van der Waals surface area (Å²) in [5.41, 5.74) is 1.99. The molecule has 0 spiro atoms. The molecule has 4 rings (SSSR count). The lowest BCUT2D eigenvalue weighted by atomic mass is 10.1.